The van der Waals surface area contributed by atoms with Crippen LogP contribution in [0.4, 0.5) is 0 Å². The number of esters is 1. The molecule has 1 unspecified atom stereocenters. The van der Waals surface area contributed by atoms with Gasteiger partial charge in [0.05, 0.1) is 13.5 Å². The van der Waals surface area contributed by atoms with Crippen LogP contribution in [0, 0.1) is 17.0 Å². The van der Waals surface area contributed by atoms with E-state index in [0.717, 1.165) is 11.8 Å². The van der Waals surface area contributed by atoms with Gasteiger partial charge in [0.2, 0.25) is 0 Å². The molecule has 0 aromatic heterocycles. The van der Waals surface area contributed by atoms with Crippen molar-refractivity contribution in [2.24, 2.45) is 0 Å². The van der Waals surface area contributed by atoms with Gasteiger partial charge in [-0.1, -0.05) is 54.2 Å². The van der Waals surface area contributed by atoms with Crippen LogP contribution in [0.15, 0.2) is 54.6 Å². The first-order valence-corrected chi connectivity index (χ1v) is 9.83. The fourth-order valence-electron chi connectivity index (χ4n) is 3.06. The minimum absolute atomic E-state index is 0.253. The van der Waals surface area contributed by atoms with Crippen LogP contribution in [0.3, 0.4) is 0 Å². The second-order valence-electron chi connectivity index (χ2n) is 6.21. The molecule has 0 fully saturated rings. The maximum absolute atomic E-state index is 13.0. The smallest absolute Gasteiger partial charge is 0.336 e. The van der Waals surface area contributed by atoms with Crippen LogP contribution >= 0.6 is 11.8 Å². The van der Waals surface area contributed by atoms with Crippen LogP contribution in [0.2, 0.25) is 0 Å². The summed E-state index contributed by atoms with van der Waals surface area (Å²) in [7, 11) is 1.20. The second-order valence-corrected chi connectivity index (χ2v) is 7.23. The van der Waals surface area contributed by atoms with Crippen molar-refractivity contribution in [1.82, 2.24) is 5.32 Å². The molecular formula is C20H22N2O5S. The Morgan fingerprint density at radius 3 is 2.32 bits per heavy atom. The first kappa shape index (κ1) is 21.4. The van der Waals surface area contributed by atoms with E-state index in [0.29, 0.717) is 16.7 Å². The van der Waals surface area contributed by atoms with Crippen molar-refractivity contribution in [2.75, 3.05) is 13.4 Å². The van der Waals surface area contributed by atoms with Crippen molar-refractivity contribution in [3.8, 4) is 0 Å². The third kappa shape index (κ3) is 4.51. The number of hydrogen-bond acceptors (Lipinski definition) is 6. The van der Waals surface area contributed by atoms with Gasteiger partial charge < -0.3 is 10.1 Å². The van der Waals surface area contributed by atoms with Crippen molar-refractivity contribution in [3.05, 3.63) is 81.4 Å². The van der Waals surface area contributed by atoms with E-state index in [4.69, 9.17) is 4.74 Å². The Bertz CT molecular complexity index is 859. The lowest BCUT2D eigenvalue weighted by Gasteiger charge is -2.34. The van der Waals surface area contributed by atoms with Gasteiger partial charge in [-0.3, -0.25) is 14.9 Å². The van der Waals surface area contributed by atoms with Crippen LogP contribution in [0.1, 0.15) is 27.9 Å². The maximum atomic E-state index is 13.0. The average molecular weight is 402 g/mol. The van der Waals surface area contributed by atoms with E-state index in [1.165, 1.54) is 7.11 Å². The Morgan fingerprint density at radius 2 is 1.79 bits per heavy atom. The van der Waals surface area contributed by atoms with Crippen molar-refractivity contribution in [1.29, 1.82) is 0 Å². The number of thioether (sulfide) groups is 1. The highest BCUT2D eigenvalue weighted by atomic mass is 32.2. The summed E-state index contributed by atoms with van der Waals surface area (Å²) in [6, 6.07) is 15.3. The SMILES string of the molecule is COC(=O)[C@](CC(SC)[N+](=O)[O-])(NC(=O)c1ccccc1)c1ccccc1C. The van der Waals surface area contributed by atoms with E-state index in [2.05, 4.69) is 5.32 Å². The normalized spacial score (nSPS) is 13.8. The molecule has 0 aliphatic heterocycles. The standard InChI is InChI=1S/C20H22N2O5S/c1-14-9-7-8-12-16(14)20(19(24)27-2,13-17(28-3)22(25)26)21-18(23)15-10-5-4-6-11-15/h4-12,17H,13H2,1-3H3,(H,21,23)/t17?,20-/m1/s1. The first-order valence-electron chi connectivity index (χ1n) is 8.54. The quantitative estimate of drug-likeness (QED) is 0.315. The van der Waals surface area contributed by atoms with Gasteiger partial charge in [0, 0.05) is 10.5 Å². The van der Waals surface area contributed by atoms with Gasteiger partial charge in [-0.25, -0.2) is 4.79 Å². The number of ether oxygens (including phenoxy) is 1. The zero-order chi connectivity index (χ0) is 20.7. The topological polar surface area (TPSA) is 98.5 Å². The third-order valence-corrected chi connectivity index (χ3v) is 5.37. The molecule has 148 valence electrons. The van der Waals surface area contributed by atoms with Gasteiger partial charge >= 0.3 is 5.97 Å². The summed E-state index contributed by atoms with van der Waals surface area (Å²) in [5.41, 5.74) is -0.184. The molecule has 0 bridgehead atoms. The summed E-state index contributed by atoms with van der Waals surface area (Å²) in [5, 5.41) is 13.1. The molecule has 0 saturated carbocycles. The molecule has 0 saturated heterocycles. The van der Waals surface area contributed by atoms with Gasteiger partial charge in [-0.2, -0.15) is 0 Å². The number of aryl methyl sites for hydroxylation is 1. The summed E-state index contributed by atoms with van der Waals surface area (Å²) in [5.74, 6) is -1.27. The van der Waals surface area contributed by atoms with E-state index in [-0.39, 0.29) is 6.42 Å². The molecule has 2 atom stereocenters. The summed E-state index contributed by atoms with van der Waals surface area (Å²) in [6.45, 7) is 1.78. The minimum atomic E-state index is -1.70. The summed E-state index contributed by atoms with van der Waals surface area (Å²) < 4.78 is 5.00. The lowest BCUT2D eigenvalue weighted by molar-refractivity contribution is -0.497. The molecule has 28 heavy (non-hydrogen) atoms. The number of nitrogens with zero attached hydrogens (tertiary/aromatic N) is 1. The van der Waals surface area contributed by atoms with Crippen LogP contribution in [-0.4, -0.2) is 35.5 Å². The highest BCUT2D eigenvalue weighted by molar-refractivity contribution is 7.99. The largest absolute Gasteiger partial charge is 0.467 e. The van der Waals surface area contributed by atoms with Crippen molar-refractivity contribution < 1.29 is 19.2 Å². The minimum Gasteiger partial charge on any atom is -0.467 e. The van der Waals surface area contributed by atoms with E-state index < -0.39 is 27.7 Å². The van der Waals surface area contributed by atoms with Crippen molar-refractivity contribution >= 4 is 23.6 Å². The van der Waals surface area contributed by atoms with Gasteiger partial charge in [0.25, 0.3) is 11.3 Å². The van der Waals surface area contributed by atoms with Gasteiger partial charge in [0.1, 0.15) is 0 Å². The van der Waals surface area contributed by atoms with Crippen LogP contribution < -0.4 is 5.32 Å². The van der Waals surface area contributed by atoms with Crippen molar-refractivity contribution in [3.63, 3.8) is 0 Å². The molecule has 0 heterocycles. The number of nitro groups is 1. The number of carbonyl (C=O) groups is 2. The molecule has 0 aliphatic rings. The average Bonchev–Trinajstić information content (AvgIpc) is 2.71. The Balaban J connectivity index is 2.62. The number of methoxy groups -OCH3 is 1. The Hall–Kier alpha value is -2.87. The van der Waals surface area contributed by atoms with Gasteiger partial charge in [0.15, 0.2) is 5.54 Å². The van der Waals surface area contributed by atoms with Gasteiger partial charge in [-0.15, -0.1) is 0 Å². The molecule has 0 spiro atoms. The Morgan fingerprint density at radius 1 is 1.18 bits per heavy atom. The third-order valence-electron chi connectivity index (χ3n) is 4.49. The molecular weight excluding hydrogens is 380 g/mol. The van der Waals surface area contributed by atoms with E-state index in [9.17, 15) is 19.7 Å². The lowest BCUT2D eigenvalue weighted by Crippen LogP contribution is -2.55. The Labute approximate surface area is 167 Å². The first-order chi connectivity index (χ1) is 13.4. The Kier molecular flexibility index (Phi) is 7.17. The number of rotatable bonds is 8. The van der Waals surface area contributed by atoms with E-state index >= 15 is 0 Å². The highest BCUT2D eigenvalue weighted by Gasteiger charge is 2.48. The van der Waals surface area contributed by atoms with E-state index in [1.807, 2.05) is 0 Å². The maximum Gasteiger partial charge on any atom is 0.336 e. The fraction of sp³-hybridized carbons (Fsp3) is 0.300. The summed E-state index contributed by atoms with van der Waals surface area (Å²) >= 11 is 0.998. The van der Waals surface area contributed by atoms with Crippen LogP contribution in [-0.2, 0) is 15.1 Å². The molecule has 2 rings (SSSR count). The fourth-order valence-corrected chi connectivity index (χ4v) is 3.65. The molecule has 1 amide bonds. The number of nitrogens with one attached hydrogen (secondary N) is 1. The summed E-state index contributed by atoms with van der Waals surface area (Å²) in [6.07, 6.45) is 1.34. The number of carbonyl (C=O) groups excluding carboxylic acids is 2. The molecule has 1 N–H and O–H groups in total. The molecule has 7 nitrogen and oxygen atoms in total. The van der Waals surface area contributed by atoms with Crippen LogP contribution in [0.25, 0.3) is 0 Å². The molecule has 8 heteroatoms. The molecule has 2 aromatic rings. The van der Waals surface area contributed by atoms with Crippen molar-refractivity contribution in [2.45, 2.75) is 24.3 Å². The molecule has 0 radical (unpaired) electrons. The predicted octanol–water partition coefficient (Wildman–Crippen LogP) is 3.15. The lowest BCUT2D eigenvalue weighted by atomic mass is 9.83. The van der Waals surface area contributed by atoms with Crippen LogP contribution in [0.5, 0.6) is 0 Å². The van der Waals surface area contributed by atoms with E-state index in [1.54, 1.807) is 67.8 Å². The highest BCUT2D eigenvalue weighted by Crippen LogP contribution is 2.34. The second kappa shape index (κ2) is 9.36. The number of hydrogen-bond donors (Lipinski definition) is 1. The number of benzene rings is 2. The van der Waals surface area contributed by atoms with Gasteiger partial charge in [-0.05, 0) is 36.4 Å². The molecule has 0 aliphatic carbocycles. The zero-order valence-corrected chi connectivity index (χ0v) is 16.7. The monoisotopic (exact) mass is 402 g/mol. The zero-order valence-electron chi connectivity index (χ0n) is 15.9. The number of amides is 1. The predicted molar refractivity (Wildman–Crippen MR) is 108 cm³/mol. The molecule has 2 aromatic carbocycles. The summed E-state index contributed by atoms with van der Waals surface area (Å²) in [4.78, 5) is 36.9.